The van der Waals surface area contributed by atoms with Crippen LogP contribution in [0.4, 0.5) is 0 Å². The summed E-state index contributed by atoms with van der Waals surface area (Å²) >= 11 is 0. The second kappa shape index (κ2) is 8.17. The molecule has 0 N–H and O–H groups in total. The summed E-state index contributed by atoms with van der Waals surface area (Å²) in [4.78, 5) is 10.4. The summed E-state index contributed by atoms with van der Waals surface area (Å²) in [6, 6.07) is 14.3. The fourth-order valence-electron chi connectivity index (χ4n) is 2.04. The number of nitrogens with zero attached hydrogens (tertiary/aromatic N) is 1. The van der Waals surface area contributed by atoms with E-state index in [0.29, 0.717) is 29.6 Å². The van der Waals surface area contributed by atoms with Crippen LogP contribution in [-0.2, 0) is 6.54 Å². The maximum atomic E-state index is 10.7. The molecular weight excluding hydrogens is 294 g/mol. The topological polar surface area (TPSA) is 61.6 Å². The molecule has 2 aromatic carbocycles. The number of ether oxygens (including phenoxy) is 2. The number of nitro groups is 1. The molecule has 0 bridgehead atoms. The zero-order chi connectivity index (χ0) is 16.7. The number of hydrogen-bond donors (Lipinski definition) is 0. The molecule has 0 fully saturated rings. The Labute approximate surface area is 136 Å². The molecule has 0 aliphatic carbocycles. The normalized spacial score (nSPS) is 10.6. The molecule has 5 nitrogen and oxygen atoms in total. The van der Waals surface area contributed by atoms with Crippen molar-refractivity contribution < 1.29 is 14.4 Å². The predicted octanol–water partition coefficient (Wildman–Crippen LogP) is 4.68. The molecule has 0 unspecified atom stereocenters. The molecule has 0 saturated carbocycles. The first-order chi connectivity index (χ1) is 11.0. The smallest absolute Gasteiger partial charge is 0.232 e. The average Bonchev–Trinajstić information content (AvgIpc) is 2.49. The molecule has 23 heavy (non-hydrogen) atoms. The summed E-state index contributed by atoms with van der Waals surface area (Å²) < 4.78 is 11.5. The van der Waals surface area contributed by atoms with Crippen LogP contribution in [0.25, 0.3) is 0 Å². The summed E-state index contributed by atoms with van der Waals surface area (Å²) in [5, 5.41) is 10.7. The van der Waals surface area contributed by atoms with Gasteiger partial charge in [0.05, 0.1) is 12.2 Å². The van der Waals surface area contributed by atoms with Gasteiger partial charge in [0.2, 0.25) is 6.54 Å². The van der Waals surface area contributed by atoms with Gasteiger partial charge in [0.1, 0.15) is 17.2 Å². The van der Waals surface area contributed by atoms with Crippen LogP contribution in [-0.4, -0.2) is 11.5 Å². The first-order valence-corrected chi connectivity index (χ1v) is 7.65. The van der Waals surface area contributed by atoms with Crippen LogP contribution >= 0.6 is 0 Å². The highest BCUT2D eigenvalue weighted by Gasteiger charge is 2.10. The van der Waals surface area contributed by atoms with Gasteiger partial charge in [-0.1, -0.05) is 32.0 Å². The van der Waals surface area contributed by atoms with Gasteiger partial charge in [0, 0.05) is 11.0 Å². The Kier molecular flexibility index (Phi) is 5.97. The van der Waals surface area contributed by atoms with Crippen molar-refractivity contribution in [2.45, 2.75) is 26.8 Å². The average molecular weight is 315 g/mol. The lowest BCUT2D eigenvalue weighted by Gasteiger charge is -2.11. The van der Waals surface area contributed by atoms with Gasteiger partial charge < -0.3 is 9.47 Å². The van der Waals surface area contributed by atoms with E-state index in [-0.39, 0.29) is 11.5 Å². The van der Waals surface area contributed by atoms with E-state index in [0.717, 1.165) is 12.2 Å². The van der Waals surface area contributed by atoms with Gasteiger partial charge in [-0.3, -0.25) is 10.1 Å². The van der Waals surface area contributed by atoms with Crippen molar-refractivity contribution in [2.75, 3.05) is 6.61 Å². The van der Waals surface area contributed by atoms with Gasteiger partial charge in [0.25, 0.3) is 0 Å². The summed E-state index contributed by atoms with van der Waals surface area (Å²) in [6.07, 6.45) is 0.983. The van der Waals surface area contributed by atoms with Gasteiger partial charge in [-0.25, -0.2) is 0 Å². The van der Waals surface area contributed by atoms with Gasteiger partial charge in [0.15, 0.2) is 0 Å². The number of hydrogen-bond acceptors (Lipinski definition) is 4. The van der Waals surface area contributed by atoms with Crippen molar-refractivity contribution in [1.82, 2.24) is 0 Å². The zero-order valence-corrected chi connectivity index (χ0v) is 13.4. The Balaban J connectivity index is 2.07. The second-order valence-corrected chi connectivity index (χ2v) is 5.71. The van der Waals surface area contributed by atoms with Crippen molar-refractivity contribution in [3.63, 3.8) is 0 Å². The number of para-hydroxylation sites is 1. The Morgan fingerprint density at radius 2 is 1.83 bits per heavy atom. The monoisotopic (exact) mass is 315 g/mol. The van der Waals surface area contributed by atoms with Gasteiger partial charge in [-0.15, -0.1) is 0 Å². The van der Waals surface area contributed by atoms with Crippen LogP contribution in [0, 0.1) is 16.0 Å². The maximum absolute atomic E-state index is 10.7. The maximum Gasteiger partial charge on any atom is 0.232 e. The highest BCUT2D eigenvalue weighted by atomic mass is 16.6. The van der Waals surface area contributed by atoms with Crippen molar-refractivity contribution >= 4 is 0 Å². The summed E-state index contributed by atoms with van der Waals surface area (Å²) in [5.74, 6) is 2.41. The van der Waals surface area contributed by atoms with Gasteiger partial charge >= 0.3 is 0 Å². The first kappa shape index (κ1) is 16.8. The van der Waals surface area contributed by atoms with E-state index in [4.69, 9.17) is 9.47 Å². The van der Waals surface area contributed by atoms with E-state index >= 15 is 0 Å². The standard InChI is InChI=1S/C18H21NO4/c1-14(2)10-11-22-16-7-5-8-17(12-16)23-18-9-4-3-6-15(18)13-19(20)21/h3-9,12,14H,10-11,13H2,1-2H3. The molecule has 5 heteroatoms. The third-order valence-electron chi connectivity index (χ3n) is 3.27. The molecule has 0 aliphatic heterocycles. The summed E-state index contributed by atoms with van der Waals surface area (Å²) in [6.45, 7) is 4.68. The Morgan fingerprint density at radius 3 is 2.57 bits per heavy atom. The molecular formula is C18H21NO4. The molecule has 2 rings (SSSR count). The van der Waals surface area contributed by atoms with E-state index in [1.54, 1.807) is 36.4 Å². The van der Waals surface area contributed by atoms with E-state index in [9.17, 15) is 10.1 Å². The van der Waals surface area contributed by atoms with Crippen LogP contribution in [0.5, 0.6) is 17.2 Å². The van der Waals surface area contributed by atoms with Gasteiger partial charge in [-0.05, 0) is 36.6 Å². The van der Waals surface area contributed by atoms with Crippen molar-refractivity contribution in [3.8, 4) is 17.2 Å². The molecule has 0 heterocycles. The third kappa shape index (κ3) is 5.62. The Hall–Kier alpha value is -2.56. The molecule has 0 saturated heterocycles. The van der Waals surface area contributed by atoms with E-state index in [2.05, 4.69) is 13.8 Å². The van der Waals surface area contributed by atoms with Crippen LogP contribution in [0.2, 0.25) is 0 Å². The zero-order valence-electron chi connectivity index (χ0n) is 13.4. The second-order valence-electron chi connectivity index (χ2n) is 5.71. The minimum absolute atomic E-state index is 0.263. The van der Waals surface area contributed by atoms with E-state index < -0.39 is 0 Å². The quantitative estimate of drug-likeness (QED) is 0.524. The van der Waals surface area contributed by atoms with Crippen LogP contribution in [0.3, 0.4) is 0 Å². The first-order valence-electron chi connectivity index (χ1n) is 7.65. The molecule has 0 amide bonds. The Bertz CT molecular complexity index is 655. The lowest BCUT2D eigenvalue weighted by Crippen LogP contribution is -2.02. The predicted molar refractivity (Wildman–Crippen MR) is 88.6 cm³/mol. The molecule has 0 aromatic heterocycles. The minimum Gasteiger partial charge on any atom is -0.493 e. The lowest BCUT2D eigenvalue weighted by molar-refractivity contribution is -0.496. The minimum atomic E-state index is -0.367. The molecule has 0 atom stereocenters. The fraction of sp³-hybridized carbons (Fsp3) is 0.333. The highest BCUT2D eigenvalue weighted by Crippen LogP contribution is 2.28. The van der Waals surface area contributed by atoms with Crippen molar-refractivity contribution in [2.24, 2.45) is 5.92 Å². The molecule has 2 aromatic rings. The van der Waals surface area contributed by atoms with E-state index in [1.165, 1.54) is 0 Å². The Morgan fingerprint density at radius 1 is 1.09 bits per heavy atom. The van der Waals surface area contributed by atoms with Gasteiger partial charge in [-0.2, -0.15) is 0 Å². The molecule has 122 valence electrons. The fourth-order valence-corrected chi connectivity index (χ4v) is 2.04. The van der Waals surface area contributed by atoms with Crippen LogP contribution in [0.1, 0.15) is 25.8 Å². The van der Waals surface area contributed by atoms with Crippen molar-refractivity contribution in [1.29, 1.82) is 0 Å². The summed E-state index contributed by atoms with van der Waals surface area (Å²) in [7, 11) is 0. The van der Waals surface area contributed by atoms with Crippen LogP contribution < -0.4 is 9.47 Å². The SMILES string of the molecule is CC(C)CCOc1cccc(Oc2ccccc2C[N+](=O)[O-])c1. The molecule has 0 aliphatic rings. The van der Waals surface area contributed by atoms with Crippen molar-refractivity contribution in [3.05, 3.63) is 64.2 Å². The van der Waals surface area contributed by atoms with Crippen LogP contribution in [0.15, 0.2) is 48.5 Å². The van der Waals surface area contributed by atoms with E-state index in [1.807, 2.05) is 12.1 Å². The molecule has 0 radical (unpaired) electrons. The third-order valence-corrected chi connectivity index (χ3v) is 3.27. The lowest BCUT2D eigenvalue weighted by atomic mass is 10.1. The summed E-state index contributed by atoms with van der Waals surface area (Å²) in [5.41, 5.74) is 0.545. The number of benzene rings is 2. The largest absolute Gasteiger partial charge is 0.493 e. The molecule has 0 spiro atoms. The highest BCUT2D eigenvalue weighted by molar-refractivity contribution is 5.40. The number of rotatable bonds is 8.